The summed E-state index contributed by atoms with van der Waals surface area (Å²) in [6.45, 7) is 8.99. The lowest BCUT2D eigenvalue weighted by Gasteiger charge is -2.33. The van der Waals surface area contributed by atoms with Crippen LogP contribution in [0.5, 0.6) is 0 Å². The minimum atomic E-state index is -0.0705. The Morgan fingerprint density at radius 3 is 2.29 bits per heavy atom. The summed E-state index contributed by atoms with van der Waals surface area (Å²) in [5.74, 6) is 1.44. The van der Waals surface area contributed by atoms with E-state index in [-0.39, 0.29) is 29.2 Å². The maximum Gasteiger partial charge on any atom is 0.142 e. The Hall–Kier alpha value is -0.860. The number of hydrogen-bond acceptors (Lipinski definition) is 1. The third-order valence-corrected chi connectivity index (χ3v) is 7.17. The van der Waals surface area contributed by atoms with E-state index < -0.39 is 0 Å². The highest BCUT2D eigenvalue weighted by Crippen LogP contribution is 2.66. The average Bonchev–Trinajstić information content (AvgIpc) is 2.79. The lowest BCUT2D eigenvalue weighted by molar-refractivity contribution is -0.904. The zero-order chi connectivity index (χ0) is 16.9. The molecule has 0 radical (unpaired) electrons. The summed E-state index contributed by atoms with van der Waals surface area (Å²) in [5, 5.41) is 0. The van der Waals surface area contributed by atoms with E-state index >= 15 is 0 Å². The number of hydrogen-bond donors (Lipinski definition) is 0. The molecular weight excluding hydrogens is 318 g/mol. The van der Waals surface area contributed by atoms with Crippen molar-refractivity contribution in [1.82, 2.24) is 0 Å². The van der Waals surface area contributed by atoms with E-state index in [1.54, 1.807) is 0 Å². The Balaban J connectivity index is 0.00000208. The number of Topliss-reactive ketones (excluding diaryl/α,β-unsaturated/α-hetero) is 1. The summed E-state index contributed by atoms with van der Waals surface area (Å²) in [4.78, 5) is 13.0. The van der Waals surface area contributed by atoms with Crippen molar-refractivity contribution < 1.29 is 21.7 Å². The molecule has 134 valence electrons. The van der Waals surface area contributed by atoms with E-state index in [0.717, 1.165) is 30.4 Å². The topological polar surface area (TPSA) is 17.1 Å². The Bertz CT molecular complexity index is 595. The van der Waals surface area contributed by atoms with Gasteiger partial charge in [0.15, 0.2) is 0 Å². The zero-order valence-electron chi connectivity index (χ0n) is 15.8. The van der Waals surface area contributed by atoms with Gasteiger partial charge in [-0.15, -0.1) is 0 Å². The highest BCUT2D eigenvalue weighted by molar-refractivity contribution is 5.91. The molecule has 3 rings (SSSR count). The van der Waals surface area contributed by atoms with Crippen molar-refractivity contribution >= 4 is 5.78 Å². The molecular formula is C21H32ClNO. The van der Waals surface area contributed by atoms with Crippen LogP contribution >= 0.6 is 0 Å². The minimum Gasteiger partial charge on any atom is -1.00 e. The molecule has 2 aliphatic rings. The fourth-order valence-corrected chi connectivity index (χ4v) is 5.25. The highest BCUT2D eigenvalue weighted by atomic mass is 35.5. The van der Waals surface area contributed by atoms with Gasteiger partial charge in [-0.2, -0.15) is 0 Å². The average molecular weight is 350 g/mol. The van der Waals surface area contributed by atoms with Gasteiger partial charge in [-0.1, -0.05) is 51.1 Å². The predicted octanol–water partition coefficient (Wildman–Crippen LogP) is 1.30. The molecule has 2 aliphatic carbocycles. The van der Waals surface area contributed by atoms with Crippen LogP contribution < -0.4 is 12.4 Å². The third kappa shape index (κ3) is 3.04. The first-order chi connectivity index (χ1) is 10.7. The van der Waals surface area contributed by atoms with Crippen molar-refractivity contribution in [2.75, 3.05) is 20.6 Å². The molecule has 24 heavy (non-hydrogen) atoms. The van der Waals surface area contributed by atoms with Crippen molar-refractivity contribution in [3.05, 3.63) is 35.9 Å². The summed E-state index contributed by atoms with van der Waals surface area (Å²) in [6, 6.07) is 10.7. The van der Waals surface area contributed by atoms with Gasteiger partial charge in [-0.3, -0.25) is 4.79 Å². The lowest BCUT2D eigenvalue weighted by atomic mass is 9.70. The maximum atomic E-state index is 13.0. The Kier molecular flexibility index (Phi) is 5.24. The molecule has 3 atom stereocenters. The monoisotopic (exact) mass is 349 g/mol. The van der Waals surface area contributed by atoms with Crippen LogP contribution in [0.1, 0.15) is 45.6 Å². The van der Waals surface area contributed by atoms with Crippen LogP contribution in [-0.4, -0.2) is 30.9 Å². The number of carbonyl (C=O) groups excluding carboxylic acids is 1. The van der Waals surface area contributed by atoms with Gasteiger partial charge in [0.2, 0.25) is 0 Å². The molecule has 0 saturated heterocycles. The molecule has 2 bridgehead atoms. The Morgan fingerprint density at radius 2 is 1.75 bits per heavy atom. The zero-order valence-corrected chi connectivity index (χ0v) is 16.6. The molecule has 0 heterocycles. The molecule has 1 aromatic rings. The molecule has 0 aliphatic heterocycles. The smallest absolute Gasteiger partial charge is 0.142 e. The molecule has 0 aromatic heterocycles. The summed E-state index contributed by atoms with van der Waals surface area (Å²) in [5.41, 5.74) is 1.49. The normalized spacial score (nSPS) is 31.1. The quantitative estimate of drug-likeness (QED) is 0.732. The maximum absolute atomic E-state index is 13.0. The van der Waals surface area contributed by atoms with Gasteiger partial charge in [0.1, 0.15) is 12.3 Å². The second-order valence-electron chi connectivity index (χ2n) is 9.26. The number of benzene rings is 1. The Morgan fingerprint density at radius 1 is 1.12 bits per heavy atom. The predicted molar refractivity (Wildman–Crippen MR) is 94.8 cm³/mol. The number of ketones is 1. The Labute approximate surface area is 153 Å². The van der Waals surface area contributed by atoms with E-state index in [0.29, 0.717) is 11.7 Å². The van der Waals surface area contributed by atoms with Gasteiger partial charge in [0, 0.05) is 23.3 Å². The highest BCUT2D eigenvalue weighted by Gasteiger charge is 2.65. The molecule has 2 fully saturated rings. The van der Waals surface area contributed by atoms with Gasteiger partial charge in [-0.05, 0) is 24.2 Å². The first-order valence-corrected chi connectivity index (χ1v) is 9.08. The summed E-state index contributed by atoms with van der Waals surface area (Å²) < 4.78 is 0.956. The van der Waals surface area contributed by atoms with E-state index in [1.807, 2.05) is 0 Å². The van der Waals surface area contributed by atoms with Crippen molar-refractivity contribution in [3.63, 3.8) is 0 Å². The van der Waals surface area contributed by atoms with Crippen molar-refractivity contribution in [3.8, 4) is 0 Å². The van der Waals surface area contributed by atoms with E-state index in [9.17, 15) is 4.79 Å². The van der Waals surface area contributed by atoms with Gasteiger partial charge in [0.25, 0.3) is 0 Å². The summed E-state index contributed by atoms with van der Waals surface area (Å²) in [6.07, 6.45) is 3.39. The number of nitrogens with zero attached hydrogens (tertiary/aromatic N) is 1. The molecule has 0 N–H and O–H groups in total. The second kappa shape index (κ2) is 6.46. The molecule has 0 spiro atoms. The van der Waals surface area contributed by atoms with Crippen LogP contribution in [0.15, 0.2) is 30.3 Å². The number of quaternary nitrogens is 1. The van der Waals surface area contributed by atoms with Crippen molar-refractivity contribution in [2.45, 2.75) is 46.6 Å². The van der Waals surface area contributed by atoms with Crippen LogP contribution in [-0.2, 0) is 11.3 Å². The summed E-state index contributed by atoms with van der Waals surface area (Å²) in [7, 11) is 4.58. The second-order valence-corrected chi connectivity index (χ2v) is 9.26. The number of fused-ring (bicyclic) bond motifs is 2. The molecule has 2 nitrogen and oxygen atoms in total. The van der Waals surface area contributed by atoms with Gasteiger partial charge < -0.3 is 16.9 Å². The van der Waals surface area contributed by atoms with E-state index in [1.165, 1.54) is 12.0 Å². The number of carbonyl (C=O) groups is 1. The molecule has 3 unspecified atom stereocenters. The number of halogens is 1. The van der Waals surface area contributed by atoms with E-state index in [2.05, 4.69) is 65.2 Å². The molecule has 2 saturated carbocycles. The standard InChI is InChI=1S/C21H32NO.ClH/c1-20(2)18-11-13-21(20,3)19(23)17(18)12-14-22(4,5)15-16-9-7-6-8-10-16;/h6-10,17-18H,11-15H2,1-5H3;1H/q+1;/p-1. The van der Waals surface area contributed by atoms with Crippen LogP contribution in [0.25, 0.3) is 0 Å². The molecule has 3 heteroatoms. The van der Waals surface area contributed by atoms with Gasteiger partial charge >= 0.3 is 0 Å². The first-order valence-electron chi connectivity index (χ1n) is 9.08. The lowest BCUT2D eigenvalue weighted by Crippen LogP contribution is -3.00. The van der Waals surface area contributed by atoms with Crippen LogP contribution in [0.2, 0.25) is 0 Å². The van der Waals surface area contributed by atoms with Crippen LogP contribution in [0, 0.1) is 22.7 Å². The SMILES string of the molecule is CC12CCC(C(CC[N+](C)(C)Cc3ccccc3)C1=O)C2(C)C.[Cl-]. The third-order valence-electron chi connectivity index (χ3n) is 7.17. The van der Waals surface area contributed by atoms with Crippen LogP contribution in [0.4, 0.5) is 0 Å². The first kappa shape index (κ1) is 19.5. The van der Waals surface area contributed by atoms with Crippen molar-refractivity contribution in [1.29, 1.82) is 0 Å². The summed E-state index contributed by atoms with van der Waals surface area (Å²) >= 11 is 0. The van der Waals surface area contributed by atoms with Gasteiger partial charge in [-0.25, -0.2) is 0 Å². The molecule has 0 amide bonds. The van der Waals surface area contributed by atoms with E-state index in [4.69, 9.17) is 0 Å². The largest absolute Gasteiger partial charge is 1.00 e. The molecule has 1 aromatic carbocycles. The number of rotatable bonds is 5. The minimum absolute atomic E-state index is 0. The van der Waals surface area contributed by atoms with Gasteiger partial charge in [0.05, 0.1) is 20.6 Å². The van der Waals surface area contributed by atoms with Crippen LogP contribution in [0.3, 0.4) is 0 Å². The fraction of sp³-hybridized carbons (Fsp3) is 0.667. The van der Waals surface area contributed by atoms with Crippen molar-refractivity contribution in [2.24, 2.45) is 22.7 Å². The fourth-order valence-electron chi connectivity index (χ4n) is 5.25.